The Hall–Kier alpha value is -3.02. The fraction of sp³-hybridized carbons (Fsp3) is 0.176. The largest absolute Gasteiger partial charge is 0.496 e. The van der Waals surface area contributed by atoms with Crippen LogP contribution in [0.25, 0.3) is 0 Å². The predicted molar refractivity (Wildman–Crippen MR) is 87.2 cm³/mol. The number of primary amides is 1. The molecule has 0 fully saturated rings. The van der Waals surface area contributed by atoms with Crippen molar-refractivity contribution in [3.8, 4) is 11.5 Å². The lowest BCUT2D eigenvalue weighted by Crippen LogP contribution is -2.14. The van der Waals surface area contributed by atoms with Gasteiger partial charge < -0.3 is 20.5 Å². The molecule has 0 aliphatic rings. The van der Waals surface area contributed by atoms with Gasteiger partial charge >= 0.3 is 0 Å². The van der Waals surface area contributed by atoms with Crippen LogP contribution >= 0.6 is 0 Å². The highest BCUT2D eigenvalue weighted by atomic mass is 16.5. The lowest BCUT2D eigenvalue weighted by Gasteiger charge is -2.13. The van der Waals surface area contributed by atoms with Gasteiger partial charge in [0.2, 0.25) is 5.91 Å². The molecular weight excluding hydrogens is 296 g/mol. The van der Waals surface area contributed by atoms with E-state index < -0.39 is 5.91 Å². The van der Waals surface area contributed by atoms with Crippen molar-refractivity contribution in [3.05, 3.63) is 53.1 Å². The minimum atomic E-state index is -0.556. The number of rotatable bonds is 5. The molecule has 2 amide bonds. The molecule has 0 spiro atoms. The third-order valence-electron chi connectivity index (χ3n) is 3.42. The molecule has 2 aromatic rings. The van der Waals surface area contributed by atoms with Crippen molar-refractivity contribution in [3.63, 3.8) is 0 Å². The van der Waals surface area contributed by atoms with E-state index in [0.717, 1.165) is 5.56 Å². The van der Waals surface area contributed by atoms with Gasteiger partial charge in [0, 0.05) is 22.4 Å². The Labute approximate surface area is 134 Å². The summed E-state index contributed by atoms with van der Waals surface area (Å²) in [5.74, 6) is 0.212. The molecular formula is C17H18N2O4. The zero-order valence-corrected chi connectivity index (χ0v) is 13.2. The molecule has 0 unspecified atom stereocenters. The molecule has 120 valence electrons. The van der Waals surface area contributed by atoms with Crippen LogP contribution in [0.3, 0.4) is 0 Å². The van der Waals surface area contributed by atoms with E-state index in [1.807, 2.05) is 6.92 Å². The average molecular weight is 314 g/mol. The van der Waals surface area contributed by atoms with Crippen LogP contribution in [-0.4, -0.2) is 26.0 Å². The zero-order chi connectivity index (χ0) is 17.0. The van der Waals surface area contributed by atoms with Crippen molar-refractivity contribution >= 4 is 17.5 Å². The minimum absolute atomic E-state index is 0.321. The number of anilines is 1. The summed E-state index contributed by atoms with van der Waals surface area (Å²) in [5.41, 5.74) is 7.22. The van der Waals surface area contributed by atoms with E-state index >= 15 is 0 Å². The molecule has 6 nitrogen and oxygen atoms in total. The average Bonchev–Trinajstić information content (AvgIpc) is 2.55. The second kappa shape index (κ2) is 6.83. The first-order chi connectivity index (χ1) is 11.0. The number of hydrogen-bond donors (Lipinski definition) is 2. The smallest absolute Gasteiger partial charge is 0.255 e. The number of amides is 2. The van der Waals surface area contributed by atoms with Gasteiger partial charge in [-0.2, -0.15) is 0 Å². The van der Waals surface area contributed by atoms with Crippen molar-refractivity contribution in [1.82, 2.24) is 0 Å². The highest BCUT2D eigenvalue weighted by molar-refractivity contribution is 6.05. The van der Waals surface area contributed by atoms with Crippen LogP contribution in [0.1, 0.15) is 26.3 Å². The molecule has 3 N–H and O–H groups in total. The summed E-state index contributed by atoms with van der Waals surface area (Å²) in [7, 11) is 3.06. The predicted octanol–water partition coefficient (Wildman–Crippen LogP) is 2.36. The second-order valence-electron chi connectivity index (χ2n) is 4.90. The lowest BCUT2D eigenvalue weighted by atomic mass is 10.1. The Morgan fingerprint density at radius 1 is 1.00 bits per heavy atom. The van der Waals surface area contributed by atoms with E-state index in [1.54, 1.807) is 30.3 Å². The second-order valence-corrected chi connectivity index (χ2v) is 4.90. The molecule has 0 radical (unpaired) electrons. The maximum atomic E-state index is 12.4. The van der Waals surface area contributed by atoms with Gasteiger partial charge in [-0.1, -0.05) is 6.07 Å². The van der Waals surface area contributed by atoms with Gasteiger partial charge in [0.1, 0.15) is 11.5 Å². The first-order valence-electron chi connectivity index (χ1n) is 6.90. The van der Waals surface area contributed by atoms with Gasteiger partial charge in [0.15, 0.2) is 0 Å². The van der Waals surface area contributed by atoms with E-state index in [2.05, 4.69) is 5.32 Å². The Balaban J connectivity index is 2.30. The van der Waals surface area contributed by atoms with Crippen LogP contribution in [0.15, 0.2) is 36.4 Å². The van der Waals surface area contributed by atoms with Crippen molar-refractivity contribution in [2.45, 2.75) is 6.92 Å². The molecule has 2 aromatic carbocycles. The van der Waals surface area contributed by atoms with Gasteiger partial charge in [-0.25, -0.2) is 0 Å². The normalized spacial score (nSPS) is 10.0. The number of carbonyl (C=O) groups excluding carboxylic acids is 2. The highest BCUT2D eigenvalue weighted by Crippen LogP contribution is 2.29. The van der Waals surface area contributed by atoms with E-state index in [-0.39, 0.29) is 5.91 Å². The van der Waals surface area contributed by atoms with Crippen LogP contribution in [0, 0.1) is 6.92 Å². The number of methoxy groups -OCH3 is 2. The molecule has 2 rings (SSSR count). The molecule has 23 heavy (non-hydrogen) atoms. The first kappa shape index (κ1) is 16.4. The maximum Gasteiger partial charge on any atom is 0.255 e. The third kappa shape index (κ3) is 3.60. The maximum absolute atomic E-state index is 12.4. The lowest BCUT2D eigenvalue weighted by molar-refractivity contribution is 0.0996. The summed E-state index contributed by atoms with van der Waals surface area (Å²) >= 11 is 0. The molecule has 0 aliphatic heterocycles. The van der Waals surface area contributed by atoms with Gasteiger partial charge in [-0.3, -0.25) is 9.59 Å². The van der Waals surface area contributed by atoms with Crippen LogP contribution in [0.5, 0.6) is 11.5 Å². The van der Waals surface area contributed by atoms with Crippen molar-refractivity contribution in [2.75, 3.05) is 19.5 Å². The number of nitrogens with two attached hydrogens (primary N) is 1. The number of nitrogens with one attached hydrogen (secondary N) is 1. The fourth-order valence-electron chi connectivity index (χ4n) is 2.17. The number of hydrogen-bond acceptors (Lipinski definition) is 4. The standard InChI is InChI=1S/C17H18N2O4/c1-10-14(22-2)8-12(9-15(10)23-3)17(21)19-13-6-4-5-11(7-13)16(18)20/h4-9H,1-3H3,(H2,18,20)(H,19,21). The summed E-state index contributed by atoms with van der Waals surface area (Å²) in [4.78, 5) is 23.6. The van der Waals surface area contributed by atoms with E-state index in [4.69, 9.17) is 15.2 Å². The van der Waals surface area contributed by atoms with Crippen molar-refractivity contribution < 1.29 is 19.1 Å². The van der Waals surface area contributed by atoms with Crippen LogP contribution in [-0.2, 0) is 0 Å². The van der Waals surface area contributed by atoms with Crippen LogP contribution in [0.2, 0.25) is 0 Å². The summed E-state index contributed by atoms with van der Waals surface area (Å²) in [6, 6.07) is 9.67. The topological polar surface area (TPSA) is 90.6 Å². The number of carbonyl (C=O) groups is 2. The molecule has 0 bridgehead atoms. The van der Waals surface area contributed by atoms with Crippen LogP contribution < -0.4 is 20.5 Å². The van der Waals surface area contributed by atoms with Gasteiger partial charge in [0.25, 0.3) is 5.91 Å². The van der Waals surface area contributed by atoms with Crippen LogP contribution in [0.4, 0.5) is 5.69 Å². The zero-order valence-electron chi connectivity index (χ0n) is 13.2. The Morgan fingerprint density at radius 2 is 1.61 bits per heavy atom. The molecule has 0 heterocycles. The molecule has 0 atom stereocenters. The molecule has 6 heteroatoms. The highest BCUT2D eigenvalue weighted by Gasteiger charge is 2.14. The Bertz CT molecular complexity index is 731. The van der Waals surface area contributed by atoms with E-state index in [9.17, 15) is 9.59 Å². The molecule has 0 aromatic heterocycles. The Morgan fingerprint density at radius 3 is 2.13 bits per heavy atom. The fourth-order valence-corrected chi connectivity index (χ4v) is 2.17. The van der Waals surface area contributed by atoms with E-state index in [1.165, 1.54) is 20.3 Å². The minimum Gasteiger partial charge on any atom is -0.496 e. The quantitative estimate of drug-likeness (QED) is 0.886. The summed E-state index contributed by atoms with van der Waals surface area (Å²) < 4.78 is 10.5. The van der Waals surface area contributed by atoms with Gasteiger partial charge in [0.05, 0.1) is 14.2 Å². The first-order valence-corrected chi connectivity index (χ1v) is 6.90. The summed E-state index contributed by atoms with van der Waals surface area (Å²) in [5, 5.41) is 2.72. The van der Waals surface area contributed by atoms with Crippen molar-refractivity contribution in [2.24, 2.45) is 5.73 Å². The van der Waals surface area contributed by atoms with E-state index in [0.29, 0.717) is 28.3 Å². The third-order valence-corrected chi connectivity index (χ3v) is 3.42. The SMILES string of the molecule is COc1cc(C(=O)Nc2cccc(C(N)=O)c2)cc(OC)c1C. The monoisotopic (exact) mass is 314 g/mol. The molecule has 0 aliphatic carbocycles. The number of benzene rings is 2. The molecule has 0 saturated carbocycles. The Kier molecular flexibility index (Phi) is 4.85. The summed E-state index contributed by atoms with van der Waals surface area (Å²) in [6.45, 7) is 1.84. The van der Waals surface area contributed by atoms with Gasteiger partial charge in [-0.05, 0) is 37.3 Å². The summed E-state index contributed by atoms with van der Waals surface area (Å²) in [6.07, 6.45) is 0. The van der Waals surface area contributed by atoms with Crippen molar-refractivity contribution in [1.29, 1.82) is 0 Å². The molecule has 0 saturated heterocycles. The number of ether oxygens (including phenoxy) is 2. The van der Waals surface area contributed by atoms with Gasteiger partial charge in [-0.15, -0.1) is 0 Å².